The van der Waals surface area contributed by atoms with Crippen LogP contribution in [0.1, 0.15) is 68.8 Å². The first-order chi connectivity index (χ1) is 12.4. The molecule has 2 atom stereocenters. The van der Waals surface area contributed by atoms with Crippen LogP contribution in [0.5, 0.6) is 0 Å². The Kier molecular flexibility index (Phi) is 6.03. The summed E-state index contributed by atoms with van der Waals surface area (Å²) in [6, 6.07) is 8.06. The molecular weight excluding hydrogens is 326 g/mol. The van der Waals surface area contributed by atoms with Crippen molar-refractivity contribution in [3.05, 3.63) is 35.4 Å². The van der Waals surface area contributed by atoms with E-state index in [2.05, 4.69) is 32.9 Å². The fourth-order valence-electron chi connectivity index (χ4n) is 4.39. The molecule has 0 radical (unpaired) electrons. The molecule has 0 bridgehead atoms. The first kappa shape index (κ1) is 19.4. The Morgan fingerprint density at radius 2 is 1.92 bits per heavy atom. The van der Waals surface area contributed by atoms with Gasteiger partial charge in [-0.25, -0.2) is 0 Å². The summed E-state index contributed by atoms with van der Waals surface area (Å²) in [5.74, 6) is 0.729. The van der Waals surface area contributed by atoms with Crippen LogP contribution >= 0.6 is 0 Å². The molecule has 3 rings (SSSR count). The minimum Gasteiger partial charge on any atom is -0.393 e. The molecule has 0 unspecified atom stereocenters. The molecule has 2 saturated heterocycles. The van der Waals surface area contributed by atoms with E-state index in [9.17, 15) is 9.90 Å². The number of rotatable bonds is 4. The molecule has 2 aliphatic heterocycles. The lowest BCUT2D eigenvalue weighted by Crippen LogP contribution is -2.53. The summed E-state index contributed by atoms with van der Waals surface area (Å²) in [7, 11) is 0. The number of benzene rings is 1. The van der Waals surface area contributed by atoms with Gasteiger partial charge in [-0.2, -0.15) is 0 Å². The number of likely N-dealkylation sites (tertiary alicyclic amines) is 1. The highest BCUT2D eigenvalue weighted by Gasteiger charge is 2.43. The van der Waals surface area contributed by atoms with E-state index in [4.69, 9.17) is 4.74 Å². The van der Waals surface area contributed by atoms with E-state index in [-0.39, 0.29) is 23.7 Å². The van der Waals surface area contributed by atoms with Crippen molar-refractivity contribution in [2.75, 3.05) is 13.1 Å². The van der Waals surface area contributed by atoms with Crippen LogP contribution in [-0.2, 0) is 11.2 Å². The Labute approximate surface area is 157 Å². The number of hydrogen-bond donors (Lipinski definition) is 1. The number of hydrogen-bond acceptors (Lipinski definition) is 3. The fraction of sp³-hybridized carbons (Fsp3) is 0.682. The Hall–Kier alpha value is -1.39. The van der Waals surface area contributed by atoms with Crippen LogP contribution in [0.4, 0.5) is 0 Å². The van der Waals surface area contributed by atoms with Crippen molar-refractivity contribution in [3.8, 4) is 0 Å². The van der Waals surface area contributed by atoms with Gasteiger partial charge in [0.15, 0.2) is 0 Å². The van der Waals surface area contributed by atoms with E-state index in [0.717, 1.165) is 37.7 Å². The topological polar surface area (TPSA) is 49.8 Å². The molecular formula is C22H33NO3. The van der Waals surface area contributed by atoms with Gasteiger partial charge in [0.25, 0.3) is 5.91 Å². The van der Waals surface area contributed by atoms with Gasteiger partial charge in [0.2, 0.25) is 0 Å². The average molecular weight is 360 g/mol. The highest BCUT2D eigenvalue weighted by molar-refractivity contribution is 5.94. The normalized spacial score (nSPS) is 25.7. The first-order valence-electron chi connectivity index (χ1n) is 10.1. The number of amides is 1. The lowest BCUT2D eigenvalue weighted by atomic mass is 9.81. The van der Waals surface area contributed by atoms with Crippen molar-refractivity contribution < 1.29 is 14.6 Å². The molecule has 1 N–H and O–H groups in total. The van der Waals surface area contributed by atoms with Crippen molar-refractivity contribution in [2.24, 2.45) is 5.92 Å². The Morgan fingerprint density at radius 3 is 2.50 bits per heavy atom. The molecule has 2 fully saturated rings. The third-order valence-corrected chi connectivity index (χ3v) is 5.82. The van der Waals surface area contributed by atoms with Gasteiger partial charge in [0.1, 0.15) is 0 Å². The summed E-state index contributed by atoms with van der Waals surface area (Å²) in [4.78, 5) is 14.8. The molecule has 0 saturated carbocycles. The number of aliphatic hydroxyl groups is 1. The fourth-order valence-corrected chi connectivity index (χ4v) is 4.39. The predicted molar refractivity (Wildman–Crippen MR) is 103 cm³/mol. The molecule has 1 spiro atoms. The molecule has 2 heterocycles. The SMILES string of the molecule is CC[C@H]1C[C@@H](O)CC2(CCN(C(=O)c3ccc(CC(C)C)cc3)CC2)O1. The van der Waals surface area contributed by atoms with Gasteiger partial charge >= 0.3 is 0 Å². The van der Waals surface area contributed by atoms with Gasteiger partial charge in [0, 0.05) is 25.1 Å². The van der Waals surface area contributed by atoms with Gasteiger partial charge in [-0.15, -0.1) is 0 Å². The summed E-state index contributed by atoms with van der Waals surface area (Å²) >= 11 is 0. The third kappa shape index (κ3) is 4.47. The van der Waals surface area contributed by atoms with Crippen LogP contribution in [0.15, 0.2) is 24.3 Å². The molecule has 1 aromatic rings. The maximum atomic E-state index is 12.8. The van der Waals surface area contributed by atoms with Gasteiger partial charge in [-0.05, 0) is 55.7 Å². The van der Waals surface area contributed by atoms with Crippen LogP contribution in [0.25, 0.3) is 0 Å². The van der Waals surface area contributed by atoms with Gasteiger partial charge in [0.05, 0.1) is 17.8 Å². The van der Waals surface area contributed by atoms with Crippen molar-refractivity contribution in [2.45, 2.75) is 77.1 Å². The van der Waals surface area contributed by atoms with E-state index in [0.29, 0.717) is 25.4 Å². The van der Waals surface area contributed by atoms with Crippen LogP contribution in [0.3, 0.4) is 0 Å². The highest BCUT2D eigenvalue weighted by atomic mass is 16.5. The molecule has 1 amide bonds. The summed E-state index contributed by atoms with van der Waals surface area (Å²) in [6.07, 6.45) is 4.93. The molecule has 2 aliphatic rings. The monoisotopic (exact) mass is 359 g/mol. The second-order valence-corrected chi connectivity index (χ2v) is 8.51. The number of aliphatic hydroxyl groups excluding tert-OH is 1. The minimum atomic E-state index is -0.274. The van der Waals surface area contributed by atoms with Crippen molar-refractivity contribution in [1.29, 1.82) is 0 Å². The van der Waals surface area contributed by atoms with E-state index in [1.165, 1.54) is 5.56 Å². The van der Waals surface area contributed by atoms with Crippen molar-refractivity contribution in [3.63, 3.8) is 0 Å². The number of piperidine rings is 1. The number of nitrogens with zero attached hydrogens (tertiary/aromatic N) is 1. The minimum absolute atomic E-state index is 0.111. The molecule has 144 valence electrons. The van der Waals surface area contributed by atoms with Crippen molar-refractivity contribution >= 4 is 5.91 Å². The standard InChI is InChI=1S/C22H33NO3/c1-4-20-14-19(24)15-22(26-20)9-11-23(12-10-22)21(25)18-7-5-17(6-8-18)13-16(2)3/h5-8,16,19-20,24H,4,9-15H2,1-3H3/t19-,20+/m1/s1. The third-order valence-electron chi connectivity index (χ3n) is 5.82. The van der Waals surface area contributed by atoms with Gasteiger partial charge in [-0.3, -0.25) is 4.79 Å². The van der Waals surface area contributed by atoms with Crippen LogP contribution < -0.4 is 0 Å². The van der Waals surface area contributed by atoms with E-state index < -0.39 is 0 Å². The predicted octanol–water partition coefficient (Wildman–Crippen LogP) is 3.81. The van der Waals surface area contributed by atoms with E-state index in [1.807, 2.05) is 17.0 Å². The summed E-state index contributed by atoms with van der Waals surface area (Å²) in [6.45, 7) is 7.93. The van der Waals surface area contributed by atoms with Crippen molar-refractivity contribution in [1.82, 2.24) is 4.90 Å². The van der Waals surface area contributed by atoms with Crippen LogP contribution in [0, 0.1) is 5.92 Å². The summed E-state index contributed by atoms with van der Waals surface area (Å²) in [5.41, 5.74) is 1.81. The molecule has 0 aromatic heterocycles. The van der Waals surface area contributed by atoms with E-state index >= 15 is 0 Å². The zero-order valence-corrected chi connectivity index (χ0v) is 16.4. The largest absolute Gasteiger partial charge is 0.393 e. The lowest BCUT2D eigenvalue weighted by Gasteiger charge is -2.47. The quantitative estimate of drug-likeness (QED) is 0.889. The van der Waals surface area contributed by atoms with Crippen LogP contribution in [0.2, 0.25) is 0 Å². The zero-order chi connectivity index (χ0) is 18.7. The molecule has 1 aromatic carbocycles. The Bertz CT molecular complexity index is 602. The number of ether oxygens (including phenoxy) is 1. The Balaban J connectivity index is 1.60. The molecule has 4 nitrogen and oxygen atoms in total. The maximum absolute atomic E-state index is 12.8. The smallest absolute Gasteiger partial charge is 0.253 e. The molecule has 0 aliphatic carbocycles. The number of carbonyl (C=O) groups is 1. The highest BCUT2D eigenvalue weighted by Crippen LogP contribution is 2.38. The van der Waals surface area contributed by atoms with Gasteiger partial charge in [-0.1, -0.05) is 32.9 Å². The second kappa shape index (κ2) is 8.10. The maximum Gasteiger partial charge on any atom is 0.253 e. The van der Waals surface area contributed by atoms with Gasteiger partial charge < -0.3 is 14.7 Å². The summed E-state index contributed by atoms with van der Waals surface area (Å²) in [5, 5.41) is 10.2. The summed E-state index contributed by atoms with van der Waals surface area (Å²) < 4.78 is 6.32. The first-order valence-corrected chi connectivity index (χ1v) is 10.1. The second-order valence-electron chi connectivity index (χ2n) is 8.51. The lowest BCUT2D eigenvalue weighted by molar-refractivity contribution is -0.179. The molecule has 4 heteroatoms. The molecule has 26 heavy (non-hydrogen) atoms. The average Bonchev–Trinajstić information content (AvgIpc) is 2.61. The Morgan fingerprint density at radius 1 is 1.27 bits per heavy atom. The number of carbonyl (C=O) groups excluding carboxylic acids is 1. The van der Waals surface area contributed by atoms with E-state index in [1.54, 1.807) is 0 Å². The van der Waals surface area contributed by atoms with Crippen LogP contribution in [-0.4, -0.2) is 46.8 Å². The zero-order valence-electron chi connectivity index (χ0n) is 16.4.